The molecule has 1 fully saturated rings. The molecule has 0 aromatic carbocycles. The summed E-state index contributed by atoms with van der Waals surface area (Å²) in [6.07, 6.45) is 0.799. The van der Waals surface area contributed by atoms with Crippen LogP contribution in [0.3, 0.4) is 0 Å². The summed E-state index contributed by atoms with van der Waals surface area (Å²) in [4.78, 5) is 13.0. The van der Waals surface area contributed by atoms with Crippen LogP contribution in [-0.2, 0) is 4.79 Å². The Morgan fingerprint density at radius 1 is 1.29 bits per heavy atom. The standard InChI is InChI=1S/C9H16BrNO3/c10-4-2-1-3-9(14)11-5-7(12)8(13)6-11/h7-8,12-13H,1-6H2/t7-,8+. The predicted molar refractivity (Wildman–Crippen MR) is 56.2 cm³/mol. The molecule has 0 aromatic heterocycles. The smallest absolute Gasteiger partial charge is 0.222 e. The lowest BCUT2D eigenvalue weighted by atomic mass is 10.2. The molecule has 1 amide bonds. The number of hydrogen-bond acceptors (Lipinski definition) is 3. The molecule has 0 radical (unpaired) electrons. The predicted octanol–water partition coefficient (Wildman–Crippen LogP) is 0.116. The van der Waals surface area contributed by atoms with Crippen LogP contribution in [0.15, 0.2) is 0 Å². The molecule has 1 heterocycles. The van der Waals surface area contributed by atoms with Crippen molar-refractivity contribution >= 4 is 21.8 Å². The molecule has 14 heavy (non-hydrogen) atoms. The minimum absolute atomic E-state index is 0.0292. The summed E-state index contributed by atoms with van der Waals surface area (Å²) in [5.74, 6) is 0.0292. The van der Waals surface area contributed by atoms with Crippen LogP contribution in [0.5, 0.6) is 0 Å². The van der Waals surface area contributed by atoms with Gasteiger partial charge in [-0.1, -0.05) is 15.9 Å². The van der Waals surface area contributed by atoms with Crippen molar-refractivity contribution in [2.24, 2.45) is 0 Å². The average Bonchev–Trinajstić information content (AvgIpc) is 2.47. The van der Waals surface area contributed by atoms with E-state index in [1.54, 1.807) is 0 Å². The summed E-state index contributed by atoms with van der Waals surface area (Å²) < 4.78 is 0. The number of aliphatic hydroxyl groups excluding tert-OH is 2. The number of unbranched alkanes of at least 4 members (excludes halogenated alkanes) is 1. The van der Waals surface area contributed by atoms with Gasteiger partial charge in [-0.3, -0.25) is 4.79 Å². The molecule has 2 atom stereocenters. The first-order valence-corrected chi connectivity index (χ1v) is 5.97. The summed E-state index contributed by atoms with van der Waals surface area (Å²) in [5, 5.41) is 19.4. The van der Waals surface area contributed by atoms with Gasteiger partial charge in [-0.05, 0) is 12.8 Å². The Morgan fingerprint density at radius 3 is 2.36 bits per heavy atom. The highest BCUT2D eigenvalue weighted by Crippen LogP contribution is 2.12. The third kappa shape index (κ3) is 3.22. The van der Waals surface area contributed by atoms with E-state index in [1.165, 1.54) is 4.90 Å². The highest BCUT2D eigenvalue weighted by atomic mass is 79.9. The number of carbonyl (C=O) groups excluding carboxylic acids is 1. The van der Waals surface area contributed by atoms with Crippen molar-refractivity contribution in [1.29, 1.82) is 0 Å². The molecule has 1 saturated heterocycles. The summed E-state index contributed by atoms with van der Waals surface area (Å²) in [7, 11) is 0. The van der Waals surface area contributed by atoms with Crippen LogP contribution in [0.2, 0.25) is 0 Å². The number of halogens is 1. The highest BCUT2D eigenvalue weighted by Gasteiger charge is 2.31. The summed E-state index contributed by atoms with van der Waals surface area (Å²) in [6, 6.07) is 0. The zero-order valence-corrected chi connectivity index (χ0v) is 9.61. The van der Waals surface area contributed by atoms with Crippen LogP contribution in [0.1, 0.15) is 19.3 Å². The topological polar surface area (TPSA) is 60.8 Å². The van der Waals surface area contributed by atoms with Gasteiger partial charge >= 0.3 is 0 Å². The van der Waals surface area contributed by atoms with Gasteiger partial charge in [0, 0.05) is 24.8 Å². The molecule has 0 spiro atoms. The zero-order valence-electron chi connectivity index (χ0n) is 8.03. The molecule has 1 aliphatic heterocycles. The van der Waals surface area contributed by atoms with E-state index in [0.717, 1.165) is 18.2 Å². The Morgan fingerprint density at radius 2 is 1.86 bits per heavy atom. The van der Waals surface area contributed by atoms with Crippen LogP contribution in [0.25, 0.3) is 0 Å². The Kier molecular flexibility index (Phi) is 4.84. The van der Waals surface area contributed by atoms with Crippen LogP contribution < -0.4 is 0 Å². The van der Waals surface area contributed by atoms with E-state index in [2.05, 4.69) is 15.9 Å². The van der Waals surface area contributed by atoms with Crippen molar-refractivity contribution in [3.63, 3.8) is 0 Å². The van der Waals surface area contributed by atoms with E-state index in [4.69, 9.17) is 0 Å². The van der Waals surface area contributed by atoms with Gasteiger partial charge in [0.05, 0.1) is 12.2 Å². The molecule has 0 unspecified atom stereocenters. The largest absolute Gasteiger partial charge is 0.388 e. The molecule has 0 aliphatic carbocycles. The molecule has 2 N–H and O–H groups in total. The van der Waals surface area contributed by atoms with Gasteiger partial charge in [-0.15, -0.1) is 0 Å². The number of hydrogen-bond donors (Lipinski definition) is 2. The van der Waals surface area contributed by atoms with E-state index in [-0.39, 0.29) is 19.0 Å². The molecule has 0 saturated carbocycles. The number of amides is 1. The second-order valence-electron chi connectivity index (χ2n) is 3.58. The second-order valence-corrected chi connectivity index (χ2v) is 4.37. The van der Waals surface area contributed by atoms with Gasteiger partial charge < -0.3 is 15.1 Å². The number of nitrogens with zero attached hydrogens (tertiary/aromatic N) is 1. The average molecular weight is 266 g/mol. The molecule has 4 nitrogen and oxygen atoms in total. The Hall–Kier alpha value is -0.130. The van der Waals surface area contributed by atoms with E-state index in [0.29, 0.717) is 6.42 Å². The van der Waals surface area contributed by atoms with Crippen LogP contribution >= 0.6 is 15.9 Å². The maximum Gasteiger partial charge on any atom is 0.222 e. The van der Waals surface area contributed by atoms with Gasteiger partial charge in [-0.2, -0.15) is 0 Å². The van der Waals surface area contributed by atoms with E-state index >= 15 is 0 Å². The van der Waals surface area contributed by atoms with Crippen molar-refractivity contribution < 1.29 is 15.0 Å². The van der Waals surface area contributed by atoms with Crippen molar-refractivity contribution in [2.75, 3.05) is 18.4 Å². The summed E-state index contributed by atoms with van der Waals surface area (Å²) in [6.45, 7) is 0.544. The van der Waals surface area contributed by atoms with Crippen molar-refractivity contribution in [2.45, 2.75) is 31.5 Å². The van der Waals surface area contributed by atoms with E-state index in [9.17, 15) is 15.0 Å². The first-order valence-electron chi connectivity index (χ1n) is 4.85. The molecular formula is C9H16BrNO3. The highest BCUT2D eigenvalue weighted by molar-refractivity contribution is 9.09. The third-order valence-corrected chi connectivity index (χ3v) is 2.95. The Bertz CT molecular complexity index is 190. The molecule has 1 aliphatic rings. The van der Waals surface area contributed by atoms with Gasteiger partial charge in [0.25, 0.3) is 0 Å². The Labute approximate surface area is 92.0 Å². The first-order chi connectivity index (χ1) is 6.65. The second kappa shape index (κ2) is 5.68. The minimum Gasteiger partial charge on any atom is -0.388 e. The molecular weight excluding hydrogens is 250 g/mol. The lowest BCUT2D eigenvalue weighted by Crippen LogP contribution is -2.29. The van der Waals surface area contributed by atoms with Gasteiger partial charge in [0.15, 0.2) is 0 Å². The molecule has 0 bridgehead atoms. The van der Waals surface area contributed by atoms with Gasteiger partial charge in [0.2, 0.25) is 5.91 Å². The zero-order chi connectivity index (χ0) is 10.6. The van der Waals surface area contributed by atoms with Crippen LogP contribution in [0, 0.1) is 0 Å². The van der Waals surface area contributed by atoms with E-state index < -0.39 is 12.2 Å². The normalized spacial score (nSPS) is 26.9. The fourth-order valence-corrected chi connectivity index (χ4v) is 1.90. The van der Waals surface area contributed by atoms with Gasteiger partial charge in [0.1, 0.15) is 0 Å². The van der Waals surface area contributed by atoms with Crippen molar-refractivity contribution in [3.05, 3.63) is 0 Å². The lowest BCUT2D eigenvalue weighted by Gasteiger charge is -2.14. The van der Waals surface area contributed by atoms with Crippen molar-refractivity contribution in [3.8, 4) is 0 Å². The number of likely N-dealkylation sites (tertiary alicyclic amines) is 1. The summed E-state index contributed by atoms with van der Waals surface area (Å²) in [5.41, 5.74) is 0. The maximum absolute atomic E-state index is 11.5. The minimum atomic E-state index is -0.768. The number of rotatable bonds is 4. The lowest BCUT2D eigenvalue weighted by molar-refractivity contribution is -0.130. The van der Waals surface area contributed by atoms with Gasteiger partial charge in [-0.25, -0.2) is 0 Å². The number of alkyl halides is 1. The quantitative estimate of drug-likeness (QED) is 0.561. The SMILES string of the molecule is O=C(CCCCBr)N1C[C@@H](O)[C@@H](O)C1. The first kappa shape index (κ1) is 11.9. The fourth-order valence-electron chi connectivity index (χ4n) is 1.50. The number of carbonyl (C=O) groups is 1. The number of aliphatic hydroxyl groups is 2. The summed E-state index contributed by atoms with van der Waals surface area (Å²) >= 11 is 3.30. The van der Waals surface area contributed by atoms with Crippen molar-refractivity contribution in [1.82, 2.24) is 4.90 Å². The third-order valence-electron chi connectivity index (χ3n) is 2.39. The fraction of sp³-hybridized carbons (Fsp3) is 0.889. The molecule has 82 valence electrons. The molecule has 0 aromatic rings. The maximum atomic E-state index is 11.5. The number of β-amino-alcohol motifs (C(OH)–C–C–N with tert-alkyl or cyclic N) is 2. The van der Waals surface area contributed by atoms with Crippen LogP contribution in [-0.4, -0.2) is 51.6 Å². The molecule has 1 rings (SSSR count). The Balaban J connectivity index is 2.25. The van der Waals surface area contributed by atoms with Crippen LogP contribution in [0.4, 0.5) is 0 Å². The van der Waals surface area contributed by atoms with E-state index in [1.807, 2.05) is 0 Å². The monoisotopic (exact) mass is 265 g/mol. The molecule has 5 heteroatoms.